The van der Waals surface area contributed by atoms with Gasteiger partial charge in [-0.25, -0.2) is 10.8 Å². The number of nitrogens with one attached hydrogen (secondary N) is 1. The number of aromatic nitrogens is 1. The Morgan fingerprint density at radius 1 is 1.53 bits per heavy atom. The predicted octanol–water partition coefficient (Wildman–Crippen LogP) is 0.891. The van der Waals surface area contributed by atoms with E-state index in [9.17, 15) is 10.1 Å². The summed E-state index contributed by atoms with van der Waals surface area (Å²) >= 11 is 0. The number of hydrogen-bond acceptors (Lipinski definition) is 7. The van der Waals surface area contributed by atoms with Gasteiger partial charge in [-0.1, -0.05) is 0 Å². The first-order valence-electron chi connectivity index (χ1n) is 6.05. The average molecular weight is 267 g/mol. The highest BCUT2D eigenvalue weighted by molar-refractivity contribution is 5.61. The second-order valence-electron chi connectivity index (χ2n) is 4.36. The summed E-state index contributed by atoms with van der Waals surface area (Å²) in [4.78, 5) is 16.7. The van der Waals surface area contributed by atoms with Crippen molar-refractivity contribution in [2.45, 2.75) is 18.9 Å². The quantitative estimate of drug-likeness (QED) is 0.474. The van der Waals surface area contributed by atoms with Crippen LogP contribution in [-0.4, -0.2) is 36.2 Å². The number of pyridine rings is 1. The molecule has 3 N–H and O–H groups in total. The number of anilines is 2. The lowest BCUT2D eigenvalue weighted by atomic mass is 10.1. The third kappa shape index (κ3) is 2.91. The van der Waals surface area contributed by atoms with Gasteiger partial charge in [0.1, 0.15) is 5.82 Å². The Balaban J connectivity index is 2.24. The number of rotatable bonds is 4. The number of ether oxygens (including phenoxy) is 1. The summed E-state index contributed by atoms with van der Waals surface area (Å²) in [6.07, 6.45) is 1.87. The standard InChI is InChI=1S/C11H17N5O3/c1-19-8-4-6-15(7-5-8)11-9(16(17)18)2-3-10(13-11)14-12/h2-3,8H,4-7,12H2,1H3,(H,13,14). The van der Waals surface area contributed by atoms with Crippen molar-refractivity contribution in [3.05, 3.63) is 22.2 Å². The van der Waals surface area contributed by atoms with Crippen molar-refractivity contribution < 1.29 is 9.66 Å². The van der Waals surface area contributed by atoms with E-state index in [2.05, 4.69) is 10.4 Å². The molecule has 1 aliphatic rings. The zero-order valence-corrected chi connectivity index (χ0v) is 10.7. The molecule has 1 aromatic heterocycles. The Labute approximate surface area is 110 Å². The van der Waals surface area contributed by atoms with Crippen LogP contribution in [0.5, 0.6) is 0 Å². The number of nitrogens with two attached hydrogens (primary N) is 1. The van der Waals surface area contributed by atoms with Gasteiger partial charge in [0.2, 0.25) is 5.82 Å². The zero-order valence-electron chi connectivity index (χ0n) is 10.7. The molecule has 1 aliphatic heterocycles. The van der Waals surface area contributed by atoms with Crippen molar-refractivity contribution >= 4 is 17.3 Å². The molecule has 0 amide bonds. The van der Waals surface area contributed by atoms with E-state index < -0.39 is 4.92 Å². The second kappa shape index (κ2) is 5.81. The highest BCUT2D eigenvalue weighted by Crippen LogP contribution is 2.29. The van der Waals surface area contributed by atoms with Gasteiger partial charge < -0.3 is 15.1 Å². The molecule has 0 spiro atoms. The van der Waals surface area contributed by atoms with E-state index in [0.717, 1.165) is 12.8 Å². The van der Waals surface area contributed by atoms with Crippen molar-refractivity contribution in [2.24, 2.45) is 5.84 Å². The first-order valence-corrected chi connectivity index (χ1v) is 6.05. The maximum Gasteiger partial charge on any atom is 0.311 e. The van der Waals surface area contributed by atoms with Crippen molar-refractivity contribution in [3.8, 4) is 0 Å². The van der Waals surface area contributed by atoms with Crippen LogP contribution in [0.2, 0.25) is 0 Å². The van der Waals surface area contributed by atoms with Crippen LogP contribution in [0.1, 0.15) is 12.8 Å². The summed E-state index contributed by atoms with van der Waals surface area (Å²) in [5.41, 5.74) is 2.40. The van der Waals surface area contributed by atoms with E-state index in [-0.39, 0.29) is 11.8 Å². The van der Waals surface area contributed by atoms with Crippen molar-refractivity contribution in [3.63, 3.8) is 0 Å². The van der Waals surface area contributed by atoms with E-state index in [1.165, 1.54) is 12.1 Å². The smallest absolute Gasteiger partial charge is 0.311 e. The fourth-order valence-electron chi connectivity index (χ4n) is 2.20. The number of nitro groups is 1. The monoisotopic (exact) mass is 267 g/mol. The van der Waals surface area contributed by atoms with E-state index in [1.807, 2.05) is 4.90 Å². The molecule has 1 fully saturated rings. The highest BCUT2D eigenvalue weighted by Gasteiger charge is 2.26. The lowest BCUT2D eigenvalue weighted by molar-refractivity contribution is -0.384. The van der Waals surface area contributed by atoms with Crippen LogP contribution < -0.4 is 16.2 Å². The van der Waals surface area contributed by atoms with Crippen LogP contribution in [0.15, 0.2) is 12.1 Å². The van der Waals surface area contributed by atoms with Crippen LogP contribution in [0.25, 0.3) is 0 Å². The lowest BCUT2D eigenvalue weighted by Gasteiger charge is -2.31. The number of methoxy groups -OCH3 is 1. The van der Waals surface area contributed by atoms with Gasteiger partial charge in [0.05, 0.1) is 11.0 Å². The molecule has 104 valence electrons. The van der Waals surface area contributed by atoms with E-state index in [4.69, 9.17) is 10.6 Å². The molecule has 0 aliphatic carbocycles. The largest absolute Gasteiger partial charge is 0.381 e. The zero-order chi connectivity index (χ0) is 13.8. The summed E-state index contributed by atoms with van der Waals surface area (Å²) in [6, 6.07) is 2.91. The number of piperidine rings is 1. The Morgan fingerprint density at radius 2 is 2.21 bits per heavy atom. The van der Waals surface area contributed by atoms with Gasteiger partial charge >= 0.3 is 5.69 Å². The fourth-order valence-corrected chi connectivity index (χ4v) is 2.20. The highest BCUT2D eigenvalue weighted by atomic mass is 16.6. The topological polar surface area (TPSA) is 107 Å². The molecule has 8 nitrogen and oxygen atoms in total. The first-order chi connectivity index (χ1) is 9.15. The molecule has 0 saturated carbocycles. The fraction of sp³-hybridized carbons (Fsp3) is 0.545. The molecule has 1 saturated heterocycles. The summed E-state index contributed by atoms with van der Waals surface area (Å²) in [5, 5.41) is 11.0. The van der Waals surface area contributed by atoms with Gasteiger partial charge in [0.15, 0.2) is 0 Å². The maximum atomic E-state index is 11.0. The Bertz CT molecular complexity index is 460. The number of hydrazine groups is 1. The minimum Gasteiger partial charge on any atom is -0.381 e. The van der Waals surface area contributed by atoms with Gasteiger partial charge in [-0.15, -0.1) is 0 Å². The van der Waals surface area contributed by atoms with E-state index >= 15 is 0 Å². The van der Waals surface area contributed by atoms with Crippen LogP contribution in [0, 0.1) is 10.1 Å². The minimum atomic E-state index is -0.426. The van der Waals surface area contributed by atoms with Gasteiger partial charge in [-0.05, 0) is 18.9 Å². The van der Waals surface area contributed by atoms with Crippen LogP contribution in [0.3, 0.4) is 0 Å². The predicted molar refractivity (Wildman–Crippen MR) is 70.9 cm³/mol. The van der Waals surface area contributed by atoms with Crippen LogP contribution in [-0.2, 0) is 4.74 Å². The summed E-state index contributed by atoms with van der Waals surface area (Å²) < 4.78 is 5.28. The molecule has 0 unspecified atom stereocenters. The maximum absolute atomic E-state index is 11.0. The molecule has 8 heteroatoms. The third-order valence-electron chi connectivity index (χ3n) is 3.27. The summed E-state index contributed by atoms with van der Waals surface area (Å²) in [7, 11) is 1.68. The third-order valence-corrected chi connectivity index (χ3v) is 3.27. The van der Waals surface area contributed by atoms with Crippen molar-refractivity contribution in [1.29, 1.82) is 0 Å². The number of hydrogen-bond donors (Lipinski definition) is 2. The molecule has 1 aromatic rings. The van der Waals surface area contributed by atoms with Crippen LogP contribution >= 0.6 is 0 Å². The second-order valence-corrected chi connectivity index (χ2v) is 4.36. The molecule has 0 radical (unpaired) electrons. The first kappa shape index (κ1) is 13.5. The van der Waals surface area contributed by atoms with E-state index in [0.29, 0.717) is 24.7 Å². The summed E-state index contributed by atoms with van der Waals surface area (Å²) in [5.74, 6) is 6.07. The Kier molecular flexibility index (Phi) is 4.13. The average Bonchev–Trinajstić information content (AvgIpc) is 2.46. The molecular weight excluding hydrogens is 250 g/mol. The summed E-state index contributed by atoms with van der Waals surface area (Å²) in [6.45, 7) is 1.36. The molecule has 19 heavy (non-hydrogen) atoms. The van der Waals surface area contributed by atoms with Crippen molar-refractivity contribution in [2.75, 3.05) is 30.5 Å². The van der Waals surface area contributed by atoms with E-state index in [1.54, 1.807) is 7.11 Å². The SMILES string of the molecule is COC1CCN(c2nc(NN)ccc2[N+](=O)[O-])CC1. The number of nitrogens with zero attached hydrogens (tertiary/aromatic N) is 3. The van der Waals surface area contributed by atoms with Crippen molar-refractivity contribution in [1.82, 2.24) is 4.98 Å². The minimum absolute atomic E-state index is 0.00475. The normalized spacial score (nSPS) is 16.4. The van der Waals surface area contributed by atoms with Gasteiger partial charge in [-0.3, -0.25) is 10.1 Å². The van der Waals surface area contributed by atoms with Gasteiger partial charge in [0, 0.05) is 26.3 Å². The molecular formula is C11H17N5O3. The molecule has 0 aromatic carbocycles. The molecule has 0 bridgehead atoms. The van der Waals surface area contributed by atoms with Crippen LogP contribution in [0.4, 0.5) is 17.3 Å². The molecule has 0 atom stereocenters. The lowest BCUT2D eigenvalue weighted by Crippen LogP contribution is -2.37. The number of nitrogen functional groups attached to an aromatic ring is 1. The Hall–Kier alpha value is -1.93. The molecule has 2 heterocycles. The van der Waals surface area contributed by atoms with Gasteiger partial charge in [-0.2, -0.15) is 0 Å². The Morgan fingerprint density at radius 3 is 2.74 bits per heavy atom. The van der Waals surface area contributed by atoms with Gasteiger partial charge in [0.25, 0.3) is 0 Å². The molecule has 2 rings (SSSR count).